The molecular weight excluding hydrogens is 334 g/mol. The highest BCUT2D eigenvalue weighted by molar-refractivity contribution is 9.10. The summed E-state index contributed by atoms with van der Waals surface area (Å²) in [4.78, 5) is 15.1. The van der Waals surface area contributed by atoms with Gasteiger partial charge in [-0.3, -0.25) is 0 Å². The zero-order chi connectivity index (χ0) is 14.5. The van der Waals surface area contributed by atoms with Gasteiger partial charge >= 0.3 is 0 Å². The lowest BCUT2D eigenvalue weighted by atomic mass is 10.3. The van der Waals surface area contributed by atoms with Gasteiger partial charge in [0.05, 0.1) is 4.47 Å². The lowest BCUT2D eigenvalue weighted by Crippen LogP contribution is -2.43. The number of ether oxygens (including phenoxy) is 1. The van der Waals surface area contributed by atoms with E-state index in [-0.39, 0.29) is 0 Å². The van der Waals surface area contributed by atoms with Crippen molar-refractivity contribution in [3.63, 3.8) is 0 Å². The van der Waals surface area contributed by atoms with Gasteiger partial charge in [0, 0.05) is 44.6 Å². The van der Waals surface area contributed by atoms with Crippen molar-refractivity contribution in [2.75, 3.05) is 31.1 Å². The van der Waals surface area contributed by atoms with Crippen molar-refractivity contribution in [1.29, 1.82) is 0 Å². The Morgan fingerprint density at radius 2 is 1.95 bits per heavy atom. The van der Waals surface area contributed by atoms with Crippen LogP contribution in [0.15, 0.2) is 35.1 Å². The maximum atomic E-state index is 5.67. The summed E-state index contributed by atoms with van der Waals surface area (Å²) in [7, 11) is 0. The molecule has 0 aliphatic carbocycles. The molecule has 0 saturated carbocycles. The first-order valence-corrected chi connectivity index (χ1v) is 7.62. The maximum absolute atomic E-state index is 5.67. The van der Waals surface area contributed by atoms with Crippen LogP contribution in [-0.2, 0) is 6.61 Å². The van der Waals surface area contributed by atoms with Crippen LogP contribution in [0, 0.1) is 0 Å². The summed E-state index contributed by atoms with van der Waals surface area (Å²) in [5.74, 6) is 2.18. The molecule has 0 spiro atoms. The number of nitrogens with one attached hydrogen (secondary N) is 1. The molecule has 3 rings (SSSR count). The minimum absolute atomic E-state index is 0.311. The molecule has 0 aromatic carbocycles. The molecule has 0 unspecified atom stereocenters. The van der Waals surface area contributed by atoms with E-state index < -0.39 is 0 Å². The Labute approximate surface area is 131 Å². The van der Waals surface area contributed by atoms with Gasteiger partial charge in [0.25, 0.3) is 0 Å². The van der Waals surface area contributed by atoms with E-state index in [9.17, 15) is 0 Å². The molecule has 3 heterocycles. The second-order valence-corrected chi connectivity index (χ2v) is 5.59. The first kappa shape index (κ1) is 14.2. The monoisotopic (exact) mass is 349 g/mol. The number of aromatic nitrogens is 3. The molecule has 1 saturated heterocycles. The first-order chi connectivity index (χ1) is 10.3. The zero-order valence-electron chi connectivity index (χ0n) is 11.5. The van der Waals surface area contributed by atoms with Gasteiger partial charge in [-0.1, -0.05) is 6.07 Å². The number of hydrogen-bond acceptors (Lipinski definition) is 6. The molecule has 21 heavy (non-hydrogen) atoms. The summed E-state index contributed by atoms with van der Waals surface area (Å²) >= 11 is 3.31. The number of anilines is 1. The van der Waals surface area contributed by atoms with E-state index in [0.717, 1.165) is 36.5 Å². The van der Waals surface area contributed by atoms with Gasteiger partial charge in [-0.25, -0.2) is 9.97 Å². The Morgan fingerprint density at radius 1 is 1.19 bits per heavy atom. The van der Waals surface area contributed by atoms with Gasteiger partial charge in [-0.05, 0) is 22.0 Å². The average molecular weight is 350 g/mol. The molecule has 6 nitrogen and oxygen atoms in total. The predicted octanol–water partition coefficient (Wildman–Crippen LogP) is 1.62. The molecule has 1 N–H and O–H groups in total. The van der Waals surface area contributed by atoms with Gasteiger partial charge in [0.15, 0.2) is 5.82 Å². The van der Waals surface area contributed by atoms with E-state index in [1.807, 2.05) is 18.2 Å². The summed E-state index contributed by atoms with van der Waals surface area (Å²) < 4.78 is 6.52. The molecule has 1 fully saturated rings. The third kappa shape index (κ3) is 3.89. The Hall–Kier alpha value is -1.73. The lowest BCUT2D eigenvalue weighted by Gasteiger charge is -2.28. The fourth-order valence-electron chi connectivity index (χ4n) is 2.11. The number of piperazine rings is 1. The van der Waals surface area contributed by atoms with Crippen molar-refractivity contribution < 1.29 is 4.74 Å². The molecule has 0 atom stereocenters. The molecule has 2 aromatic heterocycles. The molecule has 110 valence electrons. The summed E-state index contributed by atoms with van der Waals surface area (Å²) in [6.07, 6.45) is 3.41. The van der Waals surface area contributed by atoms with Gasteiger partial charge < -0.3 is 15.0 Å². The largest absolute Gasteiger partial charge is 0.469 e. The molecule has 7 heteroatoms. The number of pyridine rings is 1. The highest BCUT2D eigenvalue weighted by Gasteiger charge is 2.12. The van der Waals surface area contributed by atoms with Crippen molar-refractivity contribution in [3.8, 4) is 5.88 Å². The number of nitrogens with zero attached hydrogens (tertiary/aromatic N) is 4. The van der Waals surface area contributed by atoms with E-state index in [4.69, 9.17) is 4.74 Å². The maximum Gasteiger partial charge on any atom is 0.215 e. The predicted molar refractivity (Wildman–Crippen MR) is 83.4 cm³/mol. The Balaban J connectivity index is 1.64. The van der Waals surface area contributed by atoms with Crippen molar-refractivity contribution in [3.05, 3.63) is 40.9 Å². The Bertz CT molecular complexity index is 586. The number of halogens is 1. The normalized spacial score (nSPS) is 15.0. The SMILES string of the molecule is Brc1cnc(COc2cccc(N3CCNCC3)n2)nc1. The van der Waals surface area contributed by atoms with E-state index in [1.54, 1.807) is 12.4 Å². The quantitative estimate of drug-likeness (QED) is 0.904. The average Bonchev–Trinajstić information content (AvgIpc) is 2.55. The van der Waals surface area contributed by atoms with Gasteiger partial charge in [0.2, 0.25) is 5.88 Å². The van der Waals surface area contributed by atoms with Crippen LogP contribution in [-0.4, -0.2) is 41.1 Å². The number of hydrogen-bond donors (Lipinski definition) is 1. The number of rotatable bonds is 4. The topological polar surface area (TPSA) is 63.2 Å². The third-order valence-corrected chi connectivity index (χ3v) is 3.58. The molecule has 2 aromatic rings. The van der Waals surface area contributed by atoms with Crippen LogP contribution in [0.25, 0.3) is 0 Å². The molecule has 1 aliphatic heterocycles. The summed E-state index contributed by atoms with van der Waals surface area (Å²) in [5.41, 5.74) is 0. The van der Waals surface area contributed by atoms with Crippen LogP contribution in [0.4, 0.5) is 5.82 Å². The smallest absolute Gasteiger partial charge is 0.215 e. The third-order valence-electron chi connectivity index (χ3n) is 3.17. The standard InChI is InChI=1S/C14H16BrN5O/c15-11-8-17-12(18-9-11)10-21-14-3-1-2-13(19-14)20-6-4-16-5-7-20/h1-3,8-9,16H,4-7,10H2. The van der Waals surface area contributed by atoms with Crippen LogP contribution >= 0.6 is 15.9 Å². The molecular formula is C14H16BrN5O. The molecule has 1 aliphatic rings. The molecule has 0 bridgehead atoms. The van der Waals surface area contributed by atoms with E-state index in [2.05, 4.69) is 41.1 Å². The van der Waals surface area contributed by atoms with Crippen LogP contribution in [0.2, 0.25) is 0 Å². The van der Waals surface area contributed by atoms with Crippen molar-refractivity contribution >= 4 is 21.7 Å². The van der Waals surface area contributed by atoms with Crippen LogP contribution in [0.1, 0.15) is 5.82 Å². The minimum Gasteiger partial charge on any atom is -0.469 e. The molecule has 0 amide bonds. The zero-order valence-corrected chi connectivity index (χ0v) is 13.1. The fourth-order valence-corrected chi connectivity index (χ4v) is 2.31. The lowest BCUT2D eigenvalue weighted by molar-refractivity contribution is 0.284. The Morgan fingerprint density at radius 3 is 2.71 bits per heavy atom. The van der Waals surface area contributed by atoms with Gasteiger partial charge in [0.1, 0.15) is 12.4 Å². The van der Waals surface area contributed by atoms with E-state index >= 15 is 0 Å². The van der Waals surface area contributed by atoms with Crippen molar-refractivity contribution in [2.45, 2.75) is 6.61 Å². The van der Waals surface area contributed by atoms with Crippen LogP contribution in [0.5, 0.6) is 5.88 Å². The van der Waals surface area contributed by atoms with Crippen LogP contribution in [0.3, 0.4) is 0 Å². The van der Waals surface area contributed by atoms with Crippen molar-refractivity contribution in [2.24, 2.45) is 0 Å². The summed E-state index contributed by atoms with van der Waals surface area (Å²) in [6.45, 7) is 4.21. The van der Waals surface area contributed by atoms with Gasteiger partial charge in [-0.15, -0.1) is 0 Å². The molecule has 0 radical (unpaired) electrons. The highest BCUT2D eigenvalue weighted by Crippen LogP contribution is 2.17. The first-order valence-electron chi connectivity index (χ1n) is 6.83. The second-order valence-electron chi connectivity index (χ2n) is 4.68. The summed E-state index contributed by atoms with van der Waals surface area (Å²) in [6, 6.07) is 5.82. The minimum atomic E-state index is 0.311. The Kier molecular flexibility index (Phi) is 4.62. The van der Waals surface area contributed by atoms with Gasteiger partial charge in [-0.2, -0.15) is 4.98 Å². The highest BCUT2D eigenvalue weighted by atomic mass is 79.9. The summed E-state index contributed by atoms with van der Waals surface area (Å²) in [5, 5.41) is 3.33. The second kappa shape index (κ2) is 6.82. The van der Waals surface area contributed by atoms with Crippen LogP contribution < -0.4 is 15.0 Å². The van der Waals surface area contributed by atoms with E-state index in [1.165, 1.54) is 0 Å². The van der Waals surface area contributed by atoms with E-state index in [0.29, 0.717) is 18.3 Å². The fraction of sp³-hybridized carbons (Fsp3) is 0.357. The van der Waals surface area contributed by atoms with Crippen molar-refractivity contribution in [1.82, 2.24) is 20.3 Å².